The van der Waals surface area contributed by atoms with Gasteiger partial charge in [-0.25, -0.2) is 4.68 Å². The molecule has 0 aliphatic heterocycles. The summed E-state index contributed by atoms with van der Waals surface area (Å²) in [5, 5.41) is 7.02. The number of amides is 1. The Labute approximate surface area is 175 Å². The van der Waals surface area contributed by atoms with Gasteiger partial charge in [-0.3, -0.25) is 4.79 Å². The third-order valence-electron chi connectivity index (χ3n) is 4.54. The summed E-state index contributed by atoms with van der Waals surface area (Å²) >= 11 is 0. The van der Waals surface area contributed by atoms with Crippen LogP contribution < -0.4 is 24.3 Å². The first-order valence-corrected chi connectivity index (χ1v) is 9.44. The monoisotopic (exact) mass is 411 g/mol. The molecule has 0 aliphatic carbocycles. The van der Waals surface area contributed by atoms with Crippen LogP contribution in [0.1, 0.15) is 22.8 Å². The van der Waals surface area contributed by atoms with Crippen LogP contribution in [0.5, 0.6) is 23.0 Å². The van der Waals surface area contributed by atoms with E-state index >= 15 is 0 Å². The minimum Gasteiger partial charge on any atom is -0.493 e. The summed E-state index contributed by atoms with van der Waals surface area (Å²) in [7, 11) is 4.48. The molecule has 8 nitrogen and oxygen atoms in total. The number of benzene rings is 2. The Morgan fingerprint density at radius 2 is 1.73 bits per heavy atom. The summed E-state index contributed by atoms with van der Waals surface area (Å²) < 4.78 is 23.3. The number of rotatable bonds is 9. The summed E-state index contributed by atoms with van der Waals surface area (Å²) in [6, 6.07) is 11.2. The van der Waals surface area contributed by atoms with Crippen LogP contribution in [0.4, 0.5) is 5.69 Å². The van der Waals surface area contributed by atoms with Crippen LogP contribution >= 0.6 is 0 Å². The van der Waals surface area contributed by atoms with E-state index in [2.05, 4.69) is 17.3 Å². The topological polar surface area (TPSA) is 83.8 Å². The molecule has 0 unspecified atom stereocenters. The van der Waals surface area contributed by atoms with Crippen LogP contribution in [0.25, 0.3) is 0 Å². The molecular weight excluding hydrogens is 386 g/mol. The molecule has 0 radical (unpaired) electrons. The Hall–Kier alpha value is -3.68. The van der Waals surface area contributed by atoms with E-state index in [-0.39, 0.29) is 12.6 Å². The van der Waals surface area contributed by atoms with E-state index in [0.29, 0.717) is 28.5 Å². The highest BCUT2D eigenvalue weighted by molar-refractivity contribution is 6.06. The number of ether oxygens (including phenoxy) is 4. The molecule has 0 bridgehead atoms. The number of nitrogens with zero attached hydrogens (tertiary/aromatic N) is 2. The van der Waals surface area contributed by atoms with Gasteiger partial charge in [-0.2, -0.15) is 5.10 Å². The van der Waals surface area contributed by atoms with E-state index in [1.54, 1.807) is 29.2 Å². The molecule has 0 saturated carbocycles. The van der Waals surface area contributed by atoms with Crippen LogP contribution in [0.2, 0.25) is 0 Å². The predicted octanol–water partition coefficient (Wildman–Crippen LogP) is 3.76. The fourth-order valence-corrected chi connectivity index (χ4v) is 2.94. The summed E-state index contributed by atoms with van der Waals surface area (Å²) in [6.07, 6.45) is 4.22. The molecule has 0 fully saturated rings. The number of carbonyl (C=O) groups excluding carboxylic acids is 1. The number of hydrogen-bond donors (Lipinski definition) is 1. The molecule has 1 amide bonds. The first-order valence-electron chi connectivity index (χ1n) is 9.44. The van der Waals surface area contributed by atoms with E-state index < -0.39 is 0 Å². The van der Waals surface area contributed by atoms with E-state index in [0.717, 1.165) is 12.2 Å². The lowest BCUT2D eigenvalue weighted by atomic mass is 10.1. The molecule has 30 heavy (non-hydrogen) atoms. The highest BCUT2D eigenvalue weighted by Crippen LogP contribution is 2.39. The standard InChI is InChI=1S/C22H25N3O5/c1-5-15-6-8-17(9-7-15)30-14-25-13-16(12-23-25)24-22(26)18-10-11-19(27-2)21(29-4)20(18)28-3/h6-13H,5,14H2,1-4H3,(H,24,26). The fourth-order valence-electron chi connectivity index (χ4n) is 2.94. The van der Waals surface area contributed by atoms with Gasteiger partial charge in [0.1, 0.15) is 5.75 Å². The second-order valence-electron chi connectivity index (χ2n) is 6.38. The molecule has 158 valence electrons. The molecule has 0 saturated heterocycles. The van der Waals surface area contributed by atoms with Crippen LogP contribution in [0, 0.1) is 0 Å². The summed E-state index contributed by atoms with van der Waals surface area (Å²) in [4.78, 5) is 12.8. The van der Waals surface area contributed by atoms with Crippen LogP contribution in [0.15, 0.2) is 48.8 Å². The second-order valence-corrected chi connectivity index (χ2v) is 6.38. The number of nitrogens with one attached hydrogen (secondary N) is 1. The minimum atomic E-state index is -0.358. The molecule has 0 spiro atoms. The quantitative estimate of drug-likeness (QED) is 0.577. The van der Waals surface area contributed by atoms with E-state index in [9.17, 15) is 4.79 Å². The summed E-state index contributed by atoms with van der Waals surface area (Å²) in [6.45, 7) is 2.33. The van der Waals surface area contributed by atoms with Crippen molar-refractivity contribution in [3.63, 3.8) is 0 Å². The van der Waals surface area contributed by atoms with Gasteiger partial charge in [0.15, 0.2) is 18.2 Å². The molecule has 2 aromatic carbocycles. The van der Waals surface area contributed by atoms with Gasteiger partial charge in [0.2, 0.25) is 5.75 Å². The number of anilines is 1. The van der Waals surface area contributed by atoms with Gasteiger partial charge in [-0.1, -0.05) is 19.1 Å². The molecule has 3 rings (SSSR count). The predicted molar refractivity (Wildman–Crippen MR) is 113 cm³/mol. The van der Waals surface area contributed by atoms with Crippen molar-refractivity contribution >= 4 is 11.6 Å². The molecule has 3 aromatic rings. The first-order chi connectivity index (χ1) is 14.6. The highest BCUT2D eigenvalue weighted by atomic mass is 16.5. The maximum atomic E-state index is 12.8. The van der Waals surface area contributed by atoms with Crippen LogP contribution in [0.3, 0.4) is 0 Å². The number of methoxy groups -OCH3 is 3. The zero-order valence-corrected chi connectivity index (χ0v) is 17.5. The van der Waals surface area contributed by atoms with Gasteiger partial charge >= 0.3 is 0 Å². The Morgan fingerprint density at radius 1 is 1.00 bits per heavy atom. The van der Waals surface area contributed by atoms with Crippen molar-refractivity contribution in [2.75, 3.05) is 26.6 Å². The molecule has 1 aromatic heterocycles. The fraction of sp³-hybridized carbons (Fsp3) is 0.273. The maximum absolute atomic E-state index is 12.8. The Morgan fingerprint density at radius 3 is 2.37 bits per heavy atom. The Balaban J connectivity index is 1.67. The van der Waals surface area contributed by atoms with Crippen molar-refractivity contribution in [1.29, 1.82) is 0 Å². The molecule has 0 aliphatic rings. The summed E-state index contributed by atoms with van der Waals surface area (Å²) in [5.74, 6) is 1.51. The average Bonchev–Trinajstić information content (AvgIpc) is 3.23. The van der Waals surface area contributed by atoms with Gasteiger partial charge in [-0.15, -0.1) is 0 Å². The Bertz CT molecular complexity index is 999. The Kier molecular flexibility index (Phi) is 6.79. The van der Waals surface area contributed by atoms with Crippen molar-refractivity contribution in [3.8, 4) is 23.0 Å². The molecule has 1 N–H and O–H groups in total. The number of hydrogen-bond acceptors (Lipinski definition) is 6. The van der Waals surface area contributed by atoms with Crippen molar-refractivity contribution in [1.82, 2.24) is 9.78 Å². The lowest BCUT2D eigenvalue weighted by molar-refractivity contribution is 0.102. The highest BCUT2D eigenvalue weighted by Gasteiger charge is 2.21. The van der Waals surface area contributed by atoms with Crippen molar-refractivity contribution in [3.05, 3.63) is 59.9 Å². The first kappa shape index (κ1) is 21.0. The molecule has 8 heteroatoms. The van der Waals surface area contributed by atoms with Crippen LogP contribution in [-0.2, 0) is 13.2 Å². The third-order valence-corrected chi connectivity index (χ3v) is 4.54. The third kappa shape index (κ3) is 4.65. The van der Waals surface area contributed by atoms with Crippen molar-refractivity contribution < 1.29 is 23.7 Å². The molecule has 1 heterocycles. The summed E-state index contributed by atoms with van der Waals surface area (Å²) in [5.41, 5.74) is 2.09. The van der Waals surface area contributed by atoms with Crippen molar-refractivity contribution in [2.45, 2.75) is 20.1 Å². The van der Waals surface area contributed by atoms with Gasteiger partial charge in [0, 0.05) is 0 Å². The van der Waals surface area contributed by atoms with Crippen LogP contribution in [-0.4, -0.2) is 37.0 Å². The number of aryl methyl sites for hydroxylation is 1. The maximum Gasteiger partial charge on any atom is 0.259 e. The van der Waals surface area contributed by atoms with E-state index in [1.165, 1.54) is 26.9 Å². The zero-order valence-electron chi connectivity index (χ0n) is 17.5. The van der Waals surface area contributed by atoms with Gasteiger partial charge < -0.3 is 24.3 Å². The van der Waals surface area contributed by atoms with Crippen molar-refractivity contribution in [2.24, 2.45) is 0 Å². The SMILES string of the molecule is CCc1ccc(OCn2cc(NC(=O)c3ccc(OC)c(OC)c3OC)cn2)cc1. The van der Waals surface area contributed by atoms with E-state index in [4.69, 9.17) is 18.9 Å². The van der Waals surface area contributed by atoms with Gasteiger partial charge in [0.05, 0.1) is 45.0 Å². The van der Waals surface area contributed by atoms with Gasteiger partial charge in [0.25, 0.3) is 5.91 Å². The number of carbonyl (C=O) groups is 1. The lowest BCUT2D eigenvalue weighted by Crippen LogP contribution is -2.13. The van der Waals surface area contributed by atoms with Gasteiger partial charge in [-0.05, 0) is 36.2 Å². The molecular formula is C22H25N3O5. The largest absolute Gasteiger partial charge is 0.493 e. The molecule has 0 atom stereocenters. The number of aromatic nitrogens is 2. The second kappa shape index (κ2) is 9.69. The average molecular weight is 411 g/mol. The normalized spacial score (nSPS) is 10.4. The minimum absolute atomic E-state index is 0.223. The zero-order chi connectivity index (χ0) is 21.5. The smallest absolute Gasteiger partial charge is 0.259 e. The lowest BCUT2D eigenvalue weighted by Gasteiger charge is -2.15. The van der Waals surface area contributed by atoms with E-state index in [1.807, 2.05) is 24.3 Å².